The van der Waals surface area contributed by atoms with E-state index in [0.717, 1.165) is 0 Å². The van der Waals surface area contributed by atoms with Gasteiger partial charge in [-0.15, -0.1) is 0 Å². The number of carboxylic acids is 1. The number of nitrogens with zero attached hydrogens (tertiary/aromatic N) is 2. The van der Waals surface area contributed by atoms with Crippen LogP contribution >= 0.6 is 0 Å². The number of hydrogen-bond donors (Lipinski definition) is 1. The minimum Gasteiger partial charge on any atom is -0.481 e. The third kappa shape index (κ3) is 3.41. The van der Waals surface area contributed by atoms with Gasteiger partial charge in [0.1, 0.15) is 0 Å². The fourth-order valence-corrected chi connectivity index (χ4v) is 1.10. The van der Waals surface area contributed by atoms with Gasteiger partial charge in [-0.2, -0.15) is 5.10 Å². The van der Waals surface area contributed by atoms with Gasteiger partial charge in [0.2, 0.25) is 0 Å². The highest BCUT2D eigenvalue weighted by atomic mass is 16.5. The Bertz CT molecular complexity index is 359. The number of hydrogen-bond acceptors (Lipinski definition) is 4. The number of carbonyl (C=O) groups excluding carboxylic acids is 1. The summed E-state index contributed by atoms with van der Waals surface area (Å²) >= 11 is 0. The molecule has 82 valence electrons. The third-order valence-electron chi connectivity index (χ3n) is 1.83. The summed E-state index contributed by atoms with van der Waals surface area (Å²) in [5.41, 5.74) is 0.368. The third-order valence-corrected chi connectivity index (χ3v) is 1.83. The van der Waals surface area contributed by atoms with E-state index in [2.05, 4.69) is 9.84 Å². The van der Waals surface area contributed by atoms with Gasteiger partial charge < -0.3 is 9.84 Å². The predicted octanol–water partition coefficient (Wildman–Crippen LogP) is 0.534. The van der Waals surface area contributed by atoms with E-state index in [1.165, 1.54) is 24.2 Å². The smallest absolute Gasteiger partial charge is 0.341 e. The molecule has 1 heterocycles. The second-order valence-corrected chi connectivity index (χ2v) is 2.98. The van der Waals surface area contributed by atoms with Gasteiger partial charge in [-0.3, -0.25) is 9.48 Å². The maximum absolute atomic E-state index is 11.0. The highest BCUT2D eigenvalue weighted by molar-refractivity contribution is 5.88. The highest BCUT2D eigenvalue weighted by Crippen LogP contribution is 2.01. The van der Waals surface area contributed by atoms with Crippen LogP contribution in [0.5, 0.6) is 0 Å². The van der Waals surface area contributed by atoms with Crippen molar-refractivity contribution in [3.8, 4) is 0 Å². The molecule has 0 atom stereocenters. The van der Waals surface area contributed by atoms with E-state index in [1.807, 2.05) is 0 Å². The summed E-state index contributed by atoms with van der Waals surface area (Å²) in [7, 11) is 1.30. The molecule has 0 spiro atoms. The summed E-state index contributed by atoms with van der Waals surface area (Å²) in [4.78, 5) is 21.3. The van der Waals surface area contributed by atoms with Crippen LogP contribution in [0.3, 0.4) is 0 Å². The van der Waals surface area contributed by atoms with E-state index in [1.54, 1.807) is 0 Å². The van der Waals surface area contributed by atoms with Gasteiger partial charge in [0.15, 0.2) is 0 Å². The SMILES string of the molecule is COC(=O)c1cnn(CCCC(=O)O)c1. The van der Waals surface area contributed by atoms with Crippen LogP contribution in [0.15, 0.2) is 12.4 Å². The van der Waals surface area contributed by atoms with E-state index in [-0.39, 0.29) is 6.42 Å². The Kier molecular flexibility index (Phi) is 3.84. The van der Waals surface area contributed by atoms with E-state index in [0.29, 0.717) is 18.5 Å². The van der Waals surface area contributed by atoms with Gasteiger partial charge in [0.05, 0.1) is 18.9 Å². The van der Waals surface area contributed by atoms with Crippen LogP contribution in [0.2, 0.25) is 0 Å². The van der Waals surface area contributed by atoms with Gasteiger partial charge in [-0.1, -0.05) is 0 Å². The van der Waals surface area contributed by atoms with Crippen molar-refractivity contribution in [3.05, 3.63) is 18.0 Å². The molecule has 0 saturated heterocycles. The van der Waals surface area contributed by atoms with Crippen molar-refractivity contribution in [3.63, 3.8) is 0 Å². The molecule has 1 rings (SSSR count). The number of methoxy groups -OCH3 is 1. The summed E-state index contributed by atoms with van der Waals surface area (Å²) in [6, 6.07) is 0. The van der Waals surface area contributed by atoms with E-state index in [4.69, 9.17) is 5.11 Å². The van der Waals surface area contributed by atoms with Crippen LogP contribution in [0.1, 0.15) is 23.2 Å². The van der Waals surface area contributed by atoms with Crippen LogP contribution in [0.4, 0.5) is 0 Å². The maximum atomic E-state index is 11.0. The monoisotopic (exact) mass is 212 g/mol. The van der Waals surface area contributed by atoms with E-state index >= 15 is 0 Å². The molecular weight excluding hydrogens is 200 g/mol. The van der Waals surface area contributed by atoms with E-state index in [9.17, 15) is 9.59 Å². The first-order valence-corrected chi connectivity index (χ1v) is 4.46. The van der Waals surface area contributed by atoms with Crippen molar-refractivity contribution in [2.75, 3.05) is 7.11 Å². The van der Waals surface area contributed by atoms with Gasteiger partial charge in [0.25, 0.3) is 0 Å². The lowest BCUT2D eigenvalue weighted by atomic mass is 10.3. The zero-order chi connectivity index (χ0) is 11.3. The molecular formula is C9H12N2O4. The van der Waals surface area contributed by atoms with Crippen LogP contribution in [-0.4, -0.2) is 33.9 Å². The molecule has 6 nitrogen and oxygen atoms in total. The quantitative estimate of drug-likeness (QED) is 0.720. The summed E-state index contributed by atoms with van der Waals surface area (Å²) < 4.78 is 6.03. The molecule has 1 N–H and O–H groups in total. The number of carbonyl (C=O) groups is 2. The van der Waals surface area contributed by atoms with Crippen molar-refractivity contribution in [1.29, 1.82) is 0 Å². The summed E-state index contributed by atoms with van der Waals surface area (Å²) in [5.74, 6) is -1.28. The molecule has 0 fully saturated rings. The standard InChI is InChI=1S/C9H12N2O4/c1-15-9(14)7-5-10-11(6-7)4-2-3-8(12)13/h5-6H,2-4H2,1H3,(H,12,13). The maximum Gasteiger partial charge on any atom is 0.341 e. The van der Waals surface area contributed by atoms with Crippen LogP contribution in [0.25, 0.3) is 0 Å². The van der Waals surface area contributed by atoms with Crippen LogP contribution < -0.4 is 0 Å². The minimum atomic E-state index is -0.838. The first kappa shape index (κ1) is 11.2. The number of aliphatic carboxylic acids is 1. The number of aromatic nitrogens is 2. The zero-order valence-corrected chi connectivity index (χ0v) is 8.34. The van der Waals surface area contributed by atoms with Crippen molar-refractivity contribution in [1.82, 2.24) is 9.78 Å². The molecule has 0 bridgehead atoms. The molecule has 0 saturated carbocycles. The molecule has 6 heteroatoms. The topological polar surface area (TPSA) is 81.4 Å². The average Bonchev–Trinajstić information content (AvgIpc) is 2.65. The molecule has 15 heavy (non-hydrogen) atoms. The molecule has 0 amide bonds. The lowest BCUT2D eigenvalue weighted by molar-refractivity contribution is -0.137. The van der Waals surface area contributed by atoms with Gasteiger partial charge >= 0.3 is 11.9 Å². The molecule has 1 aromatic rings. The van der Waals surface area contributed by atoms with Crippen molar-refractivity contribution in [2.45, 2.75) is 19.4 Å². The summed E-state index contributed by atoms with van der Waals surface area (Å²) in [6.45, 7) is 0.475. The molecule has 1 aromatic heterocycles. The molecule has 0 radical (unpaired) electrons. The Labute approximate surface area is 86.5 Å². The van der Waals surface area contributed by atoms with Gasteiger partial charge in [0, 0.05) is 19.2 Å². The Morgan fingerprint density at radius 2 is 2.33 bits per heavy atom. The Morgan fingerprint density at radius 3 is 2.93 bits per heavy atom. The lowest BCUT2D eigenvalue weighted by Crippen LogP contribution is -2.03. The number of rotatable bonds is 5. The number of esters is 1. The highest BCUT2D eigenvalue weighted by Gasteiger charge is 2.07. The number of carboxylic acid groups (broad SMARTS) is 1. The van der Waals surface area contributed by atoms with Crippen molar-refractivity contribution in [2.24, 2.45) is 0 Å². The largest absolute Gasteiger partial charge is 0.481 e. The Morgan fingerprint density at radius 1 is 1.60 bits per heavy atom. The molecule has 0 aromatic carbocycles. The normalized spacial score (nSPS) is 9.93. The molecule has 0 aliphatic carbocycles. The van der Waals surface area contributed by atoms with E-state index < -0.39 is 11.9 Å². The average molecular weight is 212 g/mol. The number of aryl methyl sites for hydroxylation is 1. The second-order valence-electron chi connectivity index (χ2n) is 2.98. The summed E-state index contributed by atoms with van der Waals surface area (Å²) in [6.07, 6.45) is 3.51. The predicted molar refractivity (Wildman–Crippen MR) is 50.4 cm³/mol. The first-order chi connectivity index (χ1) is 7.13. The first-order valence-electron chi connectivity index (χ1n) is 4.46. The molecule has 0 aliphatic heterocycles. The fourth-order valence-electron chi connectivity index (χ4n) is 1.10. The second kappa shape index (κ2) is 5.14. The Balaban J connectivity index is 2.46. The minimum absolute atomic E-state index is 0.0907. The Hall–Kier alpha value is -1.85. The van der Waals surface area contributed by atoms with Crippen molar-refractivity contribution < 1.29 is 19.4 Å². The fraction of sp³-hybridized carbons (Fsp3) is 0.444. The zero-order valence-electron chi connectivity index (χ0n) is 8.34. The van der Waals surface area contributed by atoms with Gasteiger partial charge in [-0.05, 0) is 6.42 Å². The van der Waals surface area contributed by atoms with Crippen LogP contribution in [-0.2, 0) is 16.1 Å². The number of ether oxygens (including phenoxy) is 1. The molecule has 0 unspecified atom stereocenters. The van der Waals surface area contributed by atoms with Crippen molar-refractivity contribution >= 4 is 11.9 Å². The molecule has 0 aliphatic rings. The summed E-state index contributed by atoms with van der Waals surface area (Å²) in [5, 5.41) is 12.3. The van der Waals surface area contributed by atoms with Crippen LogP contribution in [0, 0.1) is 0 Å². The van der Waals surface area contributed by atoms with Gasteiger partial charge in [-0.25, -0.2) is 4.79 Å². The lowest BCUT2D eigenvalue weighted by Gasteiger charge is -1.98.